The highest BCUT2D eigenvalue weighted by atomic mass is 16.6. The van der Waals surface area contributed by atoms with E-state index in [1.54, 1.807) is 19.2 Å². The highest BCUT2D eigenvalue weighted by molar-refractivity contribution is 5.86. The van der Waals surface area contributed by atoms with Crippen LogP contribution in [0.3, 0.4) is 0 Å². The predicted octanol–water partition coefficient (Wildman–Crippen LogP) is 0.392. The molecule has 1 heterocycles. The fourth-order valence-electron chi connectivity index (χ4n) is 5.57. The van der Waals surface area contributed by atoms with Gasteiger partial charge in [0.05, 0.1) is 11.0 Å². The topological polar surface area (TPSA) is 137 Å². The van der Waals surface area contributed by atoms with Crippen molar-refractivity contribution in [2.75, 3.05) is 7.05 Å². The Hall–Kier alpha value is -2.62. The molecule has 9 nitrogen and oxygen atoms in total. The number of rotatable bonds is 6. The Morgan fingerprint density at radius 3 is 2.69 bits per heavy atom. The van der Waals surface area contributed by atoms with Crippen LogP contribution in [0, 0.1) is 0 Å². The highest BCUT2D eigenvalue weighted by Crippen LogP contribution is 2.63. The molecular formula is C23H30N2O7. The van der Waals surface area contributed by atoms with E-state index in [1.807, 2.05) is 13.0 Å². The first-order valence-electron chi connectivity index (χ1n) is 10.9. The average Bonchev–Trinajstić information content (AvgIpc) is 3.13. The fraction of sp³-hybridized carbons (Fsp3) is 0.565. The van der Waals surface area contributed by atoms with Crippen molar-refractivity contribution in [1.82, 2.24) is 10.6 Å². The number of amides is 1. The Bertz CT molecular complexity index is 991. The predicted molar refractivity (Wildman–Crippen MR) is 114 cm³/mol. The van der Waals surface area contributed by atoms with Crippen molar-refractivity contribution in [2.45, 2.75) is 75.3 Å². The molecule has 174 valence electrons. The Balaban J connectivity index is 1.73. The molecule has 0 unspecified atom stereocenters. The number of ether oxygens (including phenoxy) is 2. The number of benzene rings is 1. The number of phenols is 1. The maximum absolute atomic E-state index is 12.7. The molecule has 0 saturated carbocycles. The zero-order valence-corrected chi connectivity index (χ0v) is 18.6. The van der Waals surface area contributed by atoms with Gasteiger partial charge in [0.2, 0.25) is 5.91 Å². The van der Waals surface area contributed by atoms with Crippen LogP contribution in [0.1, 0.15) is 44.7 Å². The lowest BCUT2D eigenvalue weighted by atomic mass is 9.52. The van der Waals surface area contributed by atoms with Crippen LogP contribution in [-0.4, -0.2) is 64.1 Å². The van der Waals surface area contributed by atoms with E-state index in [0.717, 1.165) is 11.1 Å². The van der Waals surface area contributed by atoms with E-state index in [9.17, 15) is 24.9 Å². The van der Waals surface area contributed by atoms with Crippen molar-refractivity contribution in [1.29, 1.82) is 0 Å². The number of esters is 1. The van der Waals surface area contributed by atoms with E-state index in [0.29, 0.717) is 18.6 Å². The van der Waals surface area contributed by atoms with Crippen molar-refractivity contribution in [3.8, 4) is 11.5 Å². The highest BCUT2D eigenvalue weighted by Gasteiger charge is 2.69. The smallest absolute Gasteiger partial charge is 0.333 e. The molecule has 1 amide bonds. The Morgan fingerprint density at radius 2 is 2.06 bits per heavy atom. The molecule has 32 heavy (non-hydrogen) atoms. The van der Waals surface area contributed by atoms with Crippen LogP contribution in [-0.2, 0) is 26.2 Å². The second kappa shape index (κ2) is 7.75. The minimum Gasteiger partial charge on any atom is -0.504 e. The minimum absolute atomic E-state index is 0.0283. The largest absolute Gasteiger partial charge is 0.504 e. The van der Waals surface area contributed by atoms with Gasteiger partial charge in [0, 0.05) is 18.0 Å². The maximum atomic E-state index is 12.7. The molecule has 0 spiro atoms. The van der Waals surface area contributed by atoms with E-state index in [2.05, 4.69) is 10.6 Å². The van der Waals surface area contributed by atoms with Crippen molar-refractivity contribution >= 4 is 11.9 Å². The summed E-state index contributed by atoms with van der Waals surface area (Å²) in [6.07, 6.45) is 0.841. The lowest BCUT2D eigenvalue weighted by Crippen LogP contribution is -2.70. The molecule has 0 radical (unpaired) electrons. The Kier molecular flexibility index (Phi) is 5.47. The average molecular weight is 447 g/mol. The third kappa shape index (κ3) is 2.95. The summed E-state index contributed by atoms with van der Waals surface area (Å²) in [6, 6.07) is 2.16. The summed E-state index contributed by atoms with van der Waals surface area (Å²) in [6.45, 7) is 4.71. The first-order chi connectivity index (χ1) is 15.1. The maximum Gasteiger partial charge on any atom is 0.333 e. The standard InChI is InChI=1S/C23H30N2O7/c1-5-22-17-13-6-7-14(27)18(17)32-19(22)15(8-9-23(22,30)16(10-13)24-4)31-21(29)11(2)25-20(28)12(3)26/h6-8,11-12,16,19,24,26-27,30H,5,9-10H2,1-4H3,(H,25,28)/t11-,12-,16+,19-,22-,23+/m0/s1. The number of aromatic hydroxyl groups is 1. The van der Waals surface area contributed by atoms with Crippen LogP contribution in [0.25, 0.3) is 0 Å². The van der Waals surface area contributed by atoms with Crippen LogP contribution in [0.15, 0.2) is 24.0 Å². The fourth-order valence-corrected chi connectivity index (χ4v) is 5.57. The van der Waals surface area contributed by atoms with E-state index >= 15 is 0 Å². The molecule has 5 N–H and O–H groups in total. The quantitative estimate of drug-likeness (QED) is 0.396. The molecule has 0 aromatic heterocycles. The number of aliphatic hydroxyl groups is 2. The van der Waals surface area contributed by atoms with Gasteiger partial charge in [-0.25, -0.2) is 4.79 Å². The molecule has 2 aliphatic carbocycles. The van der Waals surface area contributed by atoms with Crippen LogP contribution < -0.4 is 15.4 Å². The lowest BCUT2D eigenvalue weighted by molar-refractivity contribution is -0.151. The molecule has 6 atom stereocenters. The monoisotopic (exact) mass is 446 g/mol. The van der Waals surface area contributed by atoms with Gasteiger partial charge in [-0.05, 0) is 51.4 Å². The SMILES string of the molecule is CC[C@]12c3c4ccc(O)c3O[C@H]1C(OC(=O)[C@H](C)NC(=O)[C@H](C)O)=CC[C@@]2(O)[C@H](NC)C4. The summed E-state index contributed by atoms with van der Waals surface area (Å²) in [5.74, 6) is -0.888. The molecule has 0 bridgehead atoms. The van der Waals surface area contributed by atoms with Gasteiger partial charge >= 0.3 is 5.97 Å². The van der Waals surface area contributed by atoms with Crippen molar-refractivity contribution in [2.24, 2.45) is 0 Å². The third-order valence-electron chi connectivity index (χ3n) is 7.21. The van der Waals surface area contributed by atoms with E-state index < -0.39 is 41.1 Å². The summed E-state index contributed by atoms with van der Waals surface area (Å²) in [4.78, 5) is 24.5. The second-order valence-electron chi connectivity index (χ2n) is 8.88. The first-order valence-corrected chi connectivity index (χ1v) is 10.9. The number of hydrogen-bond acceptors (Lipinski definition) is 8. The number of carbonyl (C=O) groups is 2. The molecule has 0 fully saturated rings. The van der Waals surface area contributed by atoms with Crippen molar-refractivity contribution < 1.29 is 34.4 Å². The number of carbonyl (C=O) groups excluding carboxylic acids is 2. The number of phenolic OH excluding ortho intramolecular Hbond substituents is 1. The Morgan fingerprint density at radius 1 is 1.34 bits per heavy atom. The summed E-state index contributed by atoms with van der Waals surface area (Å²) < 4.78 is 11.8. The number of aliphatic hydroxyl groups excluding tert-OH is 1. The summed E-state index contributed by atoms with van der Waals surface area (Å²) >= 11 is 0. The van der Waals surface area contributed by atoms with Crippen LogP contribution in [0.2, 0.25) is 0 Å². The van der Waals surface area contributed by atoms with Crippen LogP contribution in [0.5, 0.6) is 11.5 Å². The van der Waals surface area contributed by atoms with E-state index in [1.165, 1.54) is 13.8 Å². The normalized spacial score (nSPS) is 31.6. The zero-order chi connectivity index (χ0) is 23.4. The van der Waals surface area contributed by atoms with Gasteiger partial charge in [-0.1, -0.05) is 13.0 Å². The molecular weight excluding hydrogens is 416 g/mol. The Labute approximate surface area is 186 Å². The summed E-state index contributed by atoms with van der Waals surface area (Å²) in [5, 5.41) is 37.5. The molecule has 1 aromatic rings. The zero-order valence-electron chi connectivity index (χ0n) is 18.6. The van der Waals surface area contributed by atoms with E-state index in [4.69, 9.17) is 9.47 Å². The number of hydrogen-bond donors (Lipinski definition) is 5. The van der Waals surface area contributed by atoms with E-state index in [-0.39, 0.29) is 24.0 Å². The number of nitrogens with one attached hydrogen (secondary N) is 2. The first kappa shape index (κ1) is 22.6. The van der Waals surface area contributed by atoms with Crippen LogP contribution in [0.4, 0.5) is 0 Å². The minimum atomic E-state index is -1.26. The van der Waals surface area contributed by atoms with Crippen LogP contribution >= 0.6 is 0 Å². The van der Waals surface area contributed by atoms with Gasteiger partial charge in [-0.3, -0.25) is 4.79 Å². The summed E-state index contributed by atoms with van der Waals surface area (Å²) in [5.41, 5.74) is -0.430. The van der Waals surface area contributed by atoms with Gasteiger partial charge in [0.1, 0.15) is 17.9 Å². The molecule has 0 saturated heterocycles. The molecule has 1 aliphatic heterocycles. The molecule has 4 rings (SSSR count). The molecule has 3 aliphatic rings. The number of likely N-dealkylation sites (N-methyl/N-ethyl adjacent to an activating group) is 1. The van der Waals surface area contributed by atoms with Gasteiger partial charge in [0.15, 0.2) is 17.6 Å². The van der Waals surface area contributed by atoms with Crippen molar-refractivity contribution in [3.63, 3.8) is 0 Å². The lowest BCUT2D eigenvalue weighted by Gasteiger charge is -2.56. The van der Waals surface area contributed by atoms with Gasteiger partial charge in [-0.15, -0.1) is 0 Å². The second-order valence-corrected chi connectivity index (χ2v) is 8.88. The summed E-state index contributed by atoms with van der Waals surface area (Å²) in [7, 11) is 1.80. The van der Waals surface area contributed by atoms with Gasteiger partial charge < -0.3 is 35.4 Å². The molecule has 1 aromatic carbocycles. The molecule has 9 heteroatoms. The van der Waals surface area contributed by atoms with Gasteiger partial charge in [0.25, 0.3) is 0 Å². The third-order valence-corrected chi connectivity index (χ3v) is 7.21. The van der Waals surface area contributed by atoms with Crippen molar-refractivity contribution in [3.05, 3.63) is 35.1 Å². The van der Waals surface area contributed by atoms with Gasteiger partial charge in [-0.2, -0.15) is 0 Å².